The minimum absolute atomic E-state index is 0.0412. The Hall–Kier alpha value is -4.59. The number of hydrogen-bond acceptors (Lipinski definition) is 9. The molecular formula is C41H46Cl2N6O7. The fourth-order valence-corrected chi connectivity index (χ4v) is 9.53. The van der Waals surface area contributed by atoms with Crippen molar-refractivity contribution >= 4 is 79.8 Å². The zero-order chi connectivity index (χ0) is 39.5. The molecule has 5 N–H and O–H groups in total. The van der Waals surface area contributed by atoms with Crippen LogP contribution in [0.15, 0.2) is 50.0 Å². The van der Waals surface area contributed by atoms with Crippen LogP contribution in [0, 0.1) is 11.8 Å². The maximum absolute atomic E-state index is 13.5. The predicted octanol–water partition coefficient (Wildman–Crippen LogP) is 8.61. The normalized spacial score (nSPS) is 24.8. The largest absolute Gasteiger partial charge is 0.449 e. The second-order valence-corrected chi connectivity index (χ2v) is 17.4. The number of carbonyl (C=O) groups excluding carboxylic acids is 3. The lowest BCUT2D eigenvalue weighted by Gasteiger charge is -2.34. The van der Waals surface area contributed by atoms with E-state index in [1.165, 1.54) is 25.7 Å². The van der Waals surface area contributed by atoms with E-state index in [4.69, 9.17) is 47.5 Å². The molecule has 4 fully saturated rings. The summed E-state index contributed by atoms with van der Waals surface area (Å²) in [6.07, 6.45) is 10.0. The van der Waals surface area contributed by atoms with Gasteiger partial charge in [-0.15, -0.1) is 0 Å². The van der Waals surface area contributed by atoms with E-state index < -0.39 is 29.6 Å². The van der Waals surface area contributed by atoms with E-state index in [9.17, 15) is 19.2 Å². The third-order valence-corrected chi connectivity index (χ3v) is 12.1. The number of aromatic amines is 1. The number of benzene rings is 2. The number of halogens is 2. The first-order chi connectivity index (χ1) is 26.7. The summed E-state index contributed by atoms with van der Waals surface area (Å²) in [6, 6.07) is 10.1. The van der Waals surface area contributed by atoms with Crippen LogP contribution in [0.5, 0.6) is 0 Å². The lowest BCUT2D eigenvalue weighted by atomic mass is 9.85. The number of aromatic nitrogens is 2. The van der Waals surface area contributed by atoms with Gasteiger partial charge in [0.05, 0.1) is 6.04 Å². The molecule has 5 heterocycles. The highest BCUT2D eigenvalue weighted by Gasteiger charge is 2.49. The first kappa shape index (κ1) is 38.3. The molecule has 296 valence electrons. The van der Waals surface area contributed by atoms with E-state index in [-0.39, 0.29) is 40.6 Å². The number of amides is 3. The number of carbonyl (C=O) groups is 3. The highest BCUT2D eigenvalue weighted by molar-refractivity contribution is 6.32. The molecular weight excluding hydrogens is 759 g/mol. The maximum atomic E-state index is 13.5. The lowest BCUT2D eigenvalue weighted by Crippen LogP contribution is -2.49. The Morgan fingerprint density at radius 1 is 0.911 bits per heavy atom. The molecule has 4 aliphatic rings. The zero-order valence-corrected chi connectivity index (χ0v) is 33.1. The number of H-pyrrole nitrogens is 1. The first-order valence-corrected chi connectivity index (χ1v) is 20.2. The van der Waals surface area contributed by atoms with Crippen molar-refractivity contribution < 1.29 is 28.0 Å². The van der Waals surface area contributed by atoms with Crippen molar-refractivity contribution in [2.75, 3.05) is 5.32 Å². The maximum Gasteiger partial charge on any atom is 0.411 e. The van der Waals surface area contributed by atoms with Gasteiger partial charge in [0.2, 0.25) is 17.3 Å². The Labute approximate surface area is 333 Å². The van der Waals surface area contributed by atoms with Crippen LogP contribution in [0.4, 0.5) is 10.5 Å². The molecule has 9 rings (SSSR count). The molecule has 0 bridgehead atoms. The number of nitrogens with zero attached hydrogens (tertiary/aromatic N) is 2. The van der Waals surface area contributed by atoms with E-state index in [0.717, 1.165) is 37.5 Å². The van der Waals surface area contributed by atoms with Gasteiger partial charge in [-0.25, -0.2) is 9.78 Å². The molecule has 3 amide bonds. The minimum Gasteiger partial charge on any atom is -0.449 e. The summed E-state index contributed by atoms with van der Waals surface area (Å²) < 4.78 is 16.9. The van der Waals surface area contributed by atoms with Crippen molar-refractivity contribution in [1.29, 1.82) is 0 Å². The van der Waals surface area contributed by atoms with Crippen molar-refractivity contribution in [3.8, 4) is 0 Å². The number of hydrogen-bond donors (Lipinski definition) is 4. The predicted molar refractivity (Wildman–Crippen MR) is 214 cm³/mol. The highest BCUT2D eigenvalue weighted by atomic mass is 35.5. The molecule has 0 spiro atoms. The first-order valence-electron chi connectivity index (χ1n) is 19.5. The summed E-state index contributed by atoms with van der Waals surface area (Å²) in [5.41, 5.74) is 6.63. The van der Waals surface area contributed by atoms with Crippen molar-refractivity contribution in [3.05, 3.63) is 68.4 Å². The molecule has 56 heavy (non-hydrogen) atoms. The van der Waals surface area contributed by atoms with Gasteiger partial charge < -0.3 is 34.9 Å². The Morgan fingerprint density at radius 3 is 2.27 bits per heavy atom. The second kappa shape index (κ2) is 15.1. The highest BCUT2D eigenvalue weighted by Crippen LogP contribution is 2.42. The van der Waals surface area contributed by atoms with Crippen molar-refractivity contribution in [2.24, 2.45) is 17.6 Å². The van der Waals surface area contributed by atoms with Crippen LogP contribution in [0.2, 0.25) is 10.0 Å². The number of fused-ring (bicyclic) bond motifs is 6. The van der Waals surface area contributed by atoms with E-state index in [2.05, 4.69) is 15.6 Å². The average Bonchev–Trinajstić information content (AvgIpc) is 3.93. The summed E-state index contributed by atoms with van der Waals surface area (Å²) in [5.74, 6) is 0.269. The van der Waals surface area contributed by atoms with Gasteiger partial charge in [-0.05, 0) is 108 Å². The third-order valence-electron chi connectivity index (χ3n) is 11.6. The molecule has 2 aliphatic heterocycles. The van der Waals surface area contributed by atoms with E-state index >= 15 is 0 Å². The van der Waals surface area contributed by atoms with Gasteiger partial charge in [-0.2, -0.15) is 0 Å². The quantitative estimate of drug-likeness (QED) is 0.138. The number of furan rings is 2. The Morgan fingerprint density at radius 2 is 1.57 bits per heavy atom. The third kappa shape index (κ3) is 7.48. The Bertz CT molecular complexity index is 2380. The topological polar surface area (TPSA) is 186 Å². The van der Waals surface area contributed by atoms with E-state index in [1.54, 1.807) is 62.1 Å². The number of likely N-dealkylation sites (tertiary alicyclic amines) is 1. The van der Waals surface area contributed by atoms with Crippen LogP contribution in [-0.4, -0.2) is 56.5 Å². The SMILES string of the molecule is CC(C)(C)OC(=O)N1C2CCCCC2C[C@H]1C(=O)Nc1c(C(N)=O)oc2ccc(Cl)cc12.O=c1[nH]c([C@@H]2CC3CCCCC3N2)nc2c1oc1ccc(Cl)cc12. The summed E-state index contributed by atoms with van der Waals surface area (Å²) >= 11 is 12.2. The van der Waals surface area contributed by atoms with Crippen LogP contribution < -0.4 is 21.9 Å². The molecule has 2 aromatic carbocycles. The second-order valence-electron chi connectivity index (χ2n) is 16.5. The monoisotopic (exact) mass is 804 g/mol. The molecule has 13 nitrogen and oxygen atoms in total. The standard InChI is InChI=1S/C23H28ClN3O5.C18H18ClN3O2/c1-23(2,3)32-22(30)27-15-7-5-4-6-12(15)10-16(27)21(29)26-18-14-11-13(24)8-9-17(14)31-19(18)20(25)28;19-10-5-6-14-11(8-10)15-16(24-14)18(23)22-17(21-15)13-7-9-3-1-2-4-12(9)20-13/h8-9,11-12,15-16H,4-7,10H2,1-3H3,(H2,25,28)(H,26,29);5-6,8-9,12-13,20H,1-4,7H2,(H,21,22,23)/t12?,15?,16-;9?,12?,13-/m00/s1. The van der Waals surface area contributed by atoms with Crippen molar-refractivity contribution in [3.63, 3.8) is 0 Å². The number of nitrogens with two attached hydrogens (primary N) is 1. The molecule has 5 aromatic rings. The molecule has 2 saturated carbocycles. The van der Waals surface area contributed by atoms with Crippen LogP contribution >= 0.6 is 23.2 Å². The Kier molecular flexibility index (Phi) is 10.3. The molecule has 2 aliphatic carbocycles. The van der Waals surface area contributed by atoms with Gasteiger partial charge in [0.25, 0.3) is 11.5 Å². The number of rotatable bonds is 4. The molecule has 15 heteroatoms. The summed E-state index contributed by atoms with van der Waals surface area (Å²) in [4.78, 5) is 60.2. The van der Waals surface area contributed by atoms with Crippen molar-refractivity contribution in [1.82, 2.24) is 20.2 Å². The van der Waals surface area contributed by atoms with E-state index in [1.807, 2.05) is 0 Å². The summed E-state index contributed by atoms with van der Waals surface area (Å²) in [6.45, 7) is 5.40. The van der Waals surface area contributed by atoms with Crippen LogP contribution in [0.1, 0.15) is 107 Å². The fourth-order valence-electron chi connectivity index (χ4n) is 9.18. The fraction of sp³-hybridized carbons (Fsp3) is 0.488. The van der Waals surface area contributed by atoms with Crippen molar-refractivity contribution in [2.45, 2.75) is 115 Å². The molecule has 0 radical (unpaired) electrons. The molecule has 2 saturated heterocycles. The van der Waals surface area contributed by atoms with Crippen LogP contribution in [0.25, 0.3) is 33.0 Å². The van der Waals surface area contributed by atoms with Gasteiger partial charge in [0, 0.05) is 32.9 Å². The van der Waals surface area contributed by atoms with Gasteiger partial charge in [-0.1, -0.05) is 48.9 Å². The number of ether oxygens (including phenoxy) is 1. The molecule has 3 aromatic heterocycles. The Balaban J connectivity index is 0.000000163. The summed E-state index contributed by atoms with van der Waals surface area (Å²) in [5, 5.41) is 8.76. The number of nitrogens with one attached hydrogen (secondary N) is 3. The van der Waals surface area contributed by atoms with Gasteiger partial charge >= 0.3 is 6.09 Å². The molecule has 4 unspecified atom stereocenters. The number of anilines is 1. The number of primary amides is 1. The summed E-state index contributed by atoms with van der Waals surface area (Å²) in [7, 11) is 0. The smallest absolute Gasteiger partial charge is 0.411 e. The van der Waals surface area contributed by atoms with Crippen LogP contribution in [-0.2, 0) is 9.53 Å². The lowest BCUT2D eigenvalue weighted by molar-refractivity contribution is -0.120. The zero-order valence-electron chi connectivity index (χ0n) is 31.6. The van der Waals surface area contributed by atoms with Gasteiger partial charge in [0.15, 0.2) is 0 Å². The van der Waals surface area contributed by atoms with Gasteiger partial charge in [0.1, 0.15) is 39.8 Å². The average molecular weight is 806 g/mol. The van der Waals surface area contributed by atoms with Gasteiger partial charge in [-0.3, -0.25) is 19.3 Å². The minimum atomic E-state index is -0.809. The molecule has 6 atom stereocenters. The van der Waals surface area contributed by atoms with Crippen LogP contribution in [0.3, 0.4) is 0 Å². The van der Waals surface area contributed by atoms with E-state index in [0.29, 0.717) is 56.3 Å².